The van der Waals surface area contributed by atoms with Gasteiger partial charge in [-0.1, -0.05) is 96.7 Å². The quantitative estimate of drug-likeness (QED) is 0.433. The van der Waals surface area contributed by atoms with Crippen molar-refractivity contribution in [2.24, 2.45) is 0 Å². The zero-order valence-corrected chi connectivity index (χ0v) is 12.8. The summed E-state index contributed by atoms with van der Waals surface area (Å²) in [6.07, 6.45) is 19.4. The molecule has 1 aliphatic heterocycles. The highest BCUT2D eigenvalue weighted by molar-refractivity contribution is 6.68. The van der Waals surface area contributed by atoms with Crippen LogP contribution in [-0.2, 0) is 0 Å². The smallest absolute Gasteiger partial charge is 0.114 e. The summed E-state index contributed by atoms with van der Waals surface area (Å²) in [5.41, 5.74) is 0. The molecule has 0 saturated carbocycles. The van der Waals surface area contributed by atoms with Gasteiger partial charge in [0.2, 0.25) is 0 Å². The Hall–Kier alpha value is -0.455. The van der Waals surface area contributed by atoms with Gasteiger partial charge >= 0.3 is 0 Å². The van der Waals surface area contributed by atoms with Gasteiger partial charge in [0.25, 0.3) is 0 Å². The Morgan fingerprint density at radius 2 is 1.44 bits per heavy atom. The van der Waals surface area contributed by atoms with Crippen molar-refractivity contribution >= 4 is 6.71 Å². The van der Waals surface area contributed by atoms with E-state index in [0.717, 1.165) is 6.71 Å². The Bertz CT molecular complexity index is 257. The molecular weight excluding hydrogens is 215 g/mol. The predicted octanol–water partition coefficient (Wildman–Crippen LogP) is 6.07. The van der Waals surface area contributed by atoms with E-state index in [1.165, 1.54) is 57.7 Å². The van der Waals surface area contributed by atoms with Gasteiger partial charge in [0.05, 0.1) is 0 Å². The van der Waals surface area contributed by atoms with Crippen LogP contribution in [0.5, 0.6) is 0 Å². The number of hydrogen-bond acceptors (Lipinski definition) is 0. The number of allylic oxidation sites excluding steroid dienone is 3. The van der Waals surface area contributed by atoms with E-state index in [2.05, 4.69) is 45.0 Å². The van der Waals surface area contributed by atoms with E-state index in [1.807, 2.05) is 0 Å². The lowest BCUT2D eigenvalue weighted by molar-refractivity contribution is 0.503. The van der Waals surface area contributed by atoms with Crippen molar-refractivity contribution in [1.29, 1.82) is 0 Å². The topological polar surface area (TPSA) is 0 Å². The van der Waals surface area contributed by atoms with Crippen LogP contribution in [0.3, 0.4) is 0 Å². The van der Waals surface area contributed by atoms with Gasteiger partial charge in [0.1, 0.15) is 0 Å². The maximum Gasteiger partial charge on any atom is 0.176 e. The van der Waals surface area contributed by atoms with Crippen LogP contribution in [0.4, 0.5) is 0 Å². The third-order valence-electron chi connectivity index (χ3n) is 4.48. The van der Waals surface area contributed by atoms with Gasteiger partial charge in [-0.15, -0.1) is 5.98 Å². The van der Waals surface area contributed by atoms with Crippen molar-refractivity contribution in [3.05, 3.63) is 24.2 Å². The lowest BCUT2D eigenvalue weighted by atomic mass is 9.28. The molecule has 0 amide bonds. The van der Waals surface area contributed by atoms with Crippen molar-refractivity contribution in [2.75, 3.05) is 0 Å². The maximum absolute atomic E-state index is 2.54. The molecule has 1 rings (SSSR count). The van der Waals surface area contributed by atoms with Gasteiger partial charge in [0, 0.05) is 0 Å². The summed E-state index contributed by atoms with van der Waals surface area (Å²) in [6, 6.07) is 0. The van der Waals surface area contributed by atoms with Crippen LogP contribution in [0.2, 0.25) is 11.6 Å². The third kappa shape index (κ3) is 4.33. The standard InChI is InChI=1S/C17H31B/c1-4-7-12-17(13-8-5-2)14-10-11-16-18(17)15-9-6-3/h10-11,14,16H,4-9,12-13,15H2,1-3H3. The van der Waals surface area contributed by atoms with Crippen LogP contribution < -0.4 is 0 Å². The van der Waals surface area contributed by atoms with Crippen molar-refractivity contribution in [1.82, 2.24) is 0 Å². The Morgan fingerprint density at radius 1 is 0.833 bits per heavy atom. The molecule has 0 fully saturated rings. The summed E-state index contributed by atoms with van der Waals surface area (Å²) < 4.78 is 0. The van der Waals surface area contributed by atoms with Gasteiger partial charge in [-0.25, -0.2) is 0 Å². The zero-order valence-electron chi connectivity index (χ0n) is 12.8. The molecule has 0 aromatic rings. The molecule has 0 atom stereocenters. The molecule has 1 aliphatic rings. The Labute approximate surface area is 115 Å². The summed E-state index contributed by atoms with van der Waals surface area (Å²) in [5.74, 6) is 2.49. The van der Waals surface area contributed by atoms with E-state index in [4.69, 9.17) is 0 Å². The summed E-state index contributed by atoms with van der Waals surface area (Å²) in [7, 11) is 0. The van der Waals surface area contributed by atoms with Crippen molar-refractivity contribution < 1.29 is 0 Å². The molecule has 102 valence electrons. The Kier molecular flexibility index (Phi) is 7.47. The average molecular weight is 246 g/mol. The Morgan fingerprint density at radius 3 is 2.00 bits per heavy atom. The second-order valence-electron chi connectivity index (χ2n) is 5.93. The first kappa shape index (κ1) is 15.6. The molecule has 1 heterocycles. The fraction of sp³-hybridized carbons (Fsp3) is 0.765. The first-order valence-corrected chi connectivity index (χ1v) is 8.15. The molecule has 0 unspecified atom stereocenters. The summed E-state index contributed by atoms with van der Waals surface area (Å²) in [4.78, 5) is 0. The van der Waals surface area contributed by atoms with E-state index < -0.39 is 0 Å². The normalized spacial score (nSPS) is 17.4. The number of hydrogen-bond donors (Lipinski definition) is 0. The second-order valence-corrected chi connectivity index (χ2v) is 5.93. The molecule has 0 radical (unpaired) electrons. The van der Waals surface area contributed by atoms with Gasteiger partial charge in [0.15, 0.2) is 6.71 Å². The number of rotatable bonds is 9. The number of unbranched alkanes of at least 4 members (excludes halogenated alkanes) is 3. The molecule has 0 N–H and O–H groups in total. The highest BCUT2D eigenvalue weighted by Crippen LogP contribution is 2.46. The summed E-state index contributed by atoms with van der Waals surface area (Å²) in [5, 5.41) is 0.482. The molecule has 0 bridgehead atoms. The van der Waals surface area contributed by atoms with Crippen LogP contribution >= 0.6 is 0 Å². The monoisotopic (exact) mass is 246 g/mol. The highest BCUT2D eigenvalue weighted by Gasteiger charge is 2.36. The minimum Gasteiger partial charge on any atom is -0.114 e. The van der Waals surface area contributed by atoms with Gasteiger partial charge < -0.3 is 0 Å². The van der Waals surface area contributed by atoms with Crippen molar-refractivity contribution in [3.8, 4) is 0 Å². The molecule has 0 aromatic carbocycles. The van der Waals surface area contributed by atoms with Crippen LogP contribution in [0.15, 0.2) is 24.2 Å². The van der Waals surface area contributed by atoms with E-state index in [0.29, 0.717) is 5.31 Å². The van der Waals surface area contributed by atoms with E-state index in [1.54, 1.807) is 0 Å². The Balaban J connectivity index is 2.74. The third-order valence-corrected chi connectivity index (χ3v) is 4.48. The van der Waals surface area contributed by atoms with E-state index in [-0.39, 0.29) is 0 Å². The molecule has 0 saturated heterocycles. The second kappa shape index (κ2) is 8.61. The van der Waals surface area contributed by atoms with Crippen LogP contribution in [0.25, 0.3) is 0 Å². The van der Waals surface area contributed by atoms with E-state index >= 15 is 0 Å². The molecule has 0 nitrogen and oxygen atoms in total. The summed E-state index contributed by atoms with van der Waals surface area (Å²) in [6.45, 7) is 7.73. The molecule has 0 aromatic heterocycles. The largest absolute Gasteiger partial charge is 0.176 e. The molecule has 0 aliphatic carbocycles. The van der Waals surface area contributed by atoms with Crippen LogP contribution in [0, 0.1) is 0 Å². The van der Waals surface area contributed by atoms with E-state index in [9.17, 15) is 0 Å². The lowest BCUT2D eigenvalue weighted by Crippen LogP contribution is -2.31. The fourth-order valence-corrected chi connectivity index (χ4v) is 3.24. The molecule has 1 heteroatoms. The first-order chi connectivity index (χ1) is 8.79. The minimum atomic E-state index is 0.482. The van der Waals surface area contributed by atoms with Crippen molar-refractivity contribution in [2.45, 2.75) is 83.8 Å². The SMILES string of the molecule is CCCCB1C=CC=CC1(CCCC)CCCC. The first-order valence-electron chi connectivity index (χ1n) is 8.15. The van der Waals surface area contributed by atoms with Gasteiger partial charge in [-0.3, -0.25) is 0 Å². The minimum absolute atomic E-state index is 0.482. The maximum atomic E-state index is 2.54. The van der Waals surface area contributed by atoms with Gasteiger partial charge in [-0.2, -0.15) is 0 Å². The lowest BCUT2D eigenvalue weighted by Gasteiger charge is -2.37. The molecule has 18 heavy (non-hydrogen) atoms. The summed E-state index contributed by atoms with van der Waals surface area (Å²) >= 11 is 0. The average Bonchev–Trinajstić information content (AvgIpc) is 2.42. The van der Waals surface area contributed by atoms with Crippen molar-refractivity contribution in [3.63, 3.8) is 0 Å². The molecule has 0 spiro atoms. The zero-order chi connectivity index (χ0) is 13.3. The molecular formula is C17H31B. The highest BCUT2D eigenvalue weighted by atomic mass is 14.2. The predicted molar refractivity (Wildman–Crippen MR) is 85.5 cm³/mol. The van der Waals surface area contributed by atoms with Crippen LogP contribution in [-0.4, -0.2) is 6.71 Å². The fourth-order valence-electron chi connectivity index (χ4n) is 3.24. The van der Waals surface area contributed by atoms with Gasteiger partial charge in [-0.05, 0) is 5.31 Å². The van der Waals surface area contributed by atoms with Crippen LogP contribution in [0.1, 0.15) is 72.1 Å².